The van der Waals surface area contributed by atoms with Crippen molar-refractivity contribution in [3.8, 4) is 0 Å². The van der Waals surface area contributed by atoms with Gasteiger partial charge in [-0.15, -0.1) is 5.06 Å². The van der Waals surface area contributed by atoms with E-state index in [1.54, 1.807) is 0 Å². The van der Waals surface area contributed by atoms with Gasteiger partial charge < -0.3 is 0 Å². The third-order valence-electron chi connectivity index (χ3n) is 2.87. The fraction of sp³-hybridized carbons (Fsp3) is 1.00. The summed E-state index contributed by atoms with van der Waals surface area (Å²) in [7, 11) is -4.22. The maximum atomic E-state index is 8.99. The van der Waals surface area contributed by atoms with E-state index in [9.17, 15) is 0 Å². The van der Waals surface area contributed by atoms with Gasteiger partial charge in [0.1, 0.15) is 0 Å². The molecule has 1 saturated heterocycles. The molecule has 0 radical (unpaired) electrons. The highest BCUT2D eigenvalue weighted by Crippen LogP contribution is 2.52. The molecule has 1 aliphatic rings. The zero-order valence-corrected chi connectivity index (χ0v) is 10.7. The van der Waals surface area contributed by atoms with Crippen molar-refractivity contribution in [1.29, 1.82) is 0 Å². The second-order valence-corrected chi connectivity index (χ2v) is 6.56. The highest BCUT2D eigenvalue weighted by Gasteiger charge is 2.50. The maximum absolute atomic E-state index is 8.99. The smallest absolute Gasteiger partial charge is 0.167 e. The number of hydroxylamine groups is 2. The molecule has 0 aromatic carbocycles. The summed E-state index contributed by atoms with van der Waals surface area (Å²) in [5.41, 5.74) is -0.609. The summed E-state index contributed by atoms with van der Waals surface area (Å²) < 4.78 is 4.92. The lowest BCUT2D eigenvalue weighted by Crippen LogP contribution is -2.57. The van der Waals surface area contributed by atoms with Crippen molar-refractivity contribution in [2.45, 2.75) is 58.0 Å². The number of piperidine rings is 1. The van der Waals surface area contributed by atoms with E-state index in [1.165, 1.54) is 5.06 Å². The lowest BCUT2D eigenvalue weighted by Gasteiger charge is -2.48. The van der Waals surface area contributed by atoms with Crippen LogP contribution in [0.1, 0.15) is 47.0 Å². The highest BCUT2D eigenvalue weighted by atomic mass is 31.2. The molecule has 1 aliphatic heterocycles. The lowest BCUT2D eigenvalue weighted by atomic mass is 9.82. The number of rotatable bonds is 2. The van der Waals surface area contributed by atoms with Gasteiger partial charge in [-0.05, 0) is 47.0 Å². The Morgan fingerprint density at radius 3 is 1.73 bits per heavy atom. The Bertz CT molecular complexity index is 221. The minimum atomic E-state index is -4.22. The highest BCUT2D eigenvalue weighted by molar-refractivity contribution is 7.53. The van der Waals surface area contributed by atoms with Crippen molar-refractivity contribution in [2.75, 3.05) is 0 Å². The Morgan fingerprint density at radius 1 is 1.00 bits per heavy atom. The minimum Gasteiger partial charge on any atom is -0.167 e. The standard InChI is InChI=1S/C9H21NO4P/c1-8(2)6-5-7-9(3,4)10(8)14-15(11,12)13/h11-13H,5-7H2,1-4H3/q+1. The number of nitrogens with zero attached hydrogens (tertiary/aromatic N) is 1. The summed E-state index contributed by atoms with van der Waals surface area (Å²) in [6, 6.07) is 0. The molecule has 0 aromatic rings. The van der Waals surface area contributed by atoms with E-state index < -0.39 is 8.17 Å². The van der Waals surface area contributed by atoms with E-state index in [0.29, 0.717) is 0 Å². The quantitative estimate of drug-likeness (QED) is 0.637. The zero-order valence-electron chi connectivity index (χ0n) is 9.77. The van der Waals surface area contributed by atoms with E-state index in [-0.39, 0.29) is 11.1 Å². The van der Waals surface area contributed by atoms with Gasteiger partial charge in [-0.1, -0.05) is 4.62 Å². The molecule has 0 aromatic heterocycles. The van der Waals surface area contributed by atoms with Gasteiger partial charge in [0.2, 0.25) is 0 Å². The third-order valence-corrected chi connectivity index (χ3v) is 3.25. The van der Waals surface area contributed by atoms with Crippen LogP contribution in [0.4, 0.5) is 0 Å². The number of hydrogen-bond acceptors (Lipinski definition) is 5. The van der Waals surface area contributed by atoms with Crippen LogP contribution in [-0.2, 0) is 4.62 Å². The Hall–Kier alpha value is 0.230. The first kappa shape index (κ1) is 13.3. The van der Waals surface area contributed by atoms with Crippen LogP contribution in [-0.4, -0.2) is 30.8 Å². The van der Waals surface area contributed by atoms with Crippen molar-refractivity contribution >= 4 is 8.17 Å². The fourth-order valence-corrected chi connectivity index (χ4v) is 2.97. The first-order valence-electron chi connectivity index (χ1n) is 5.12. The SMILES string of the molecule is CC1(C)CCCC(C)(C)N1O[P+](O)(O)O. The van der Waals surface area contributed by atoms with Crippen LogP contribution in [0, 0.1) is 0 Å². The minimum absolute atomic E-state index is 0.304. The van der Waals surface area contributed by atoms with Crippen molar-refractivity contribution in [3.05, 3.63) is 0 Å². The molecule has 0 atom stereocenters. The summed E-state index contributed by atoms with van der Waals surface area (Å²) in [6.07, 6.45) is 2.86. The summed E-state index contributed by atoms with van der Waals surface area (Å²) in [4.78, 5) is 27.0. The Kier molecular flexibility index (Phi) is 3.47. The van der Waals surface area contributed by atoms with Gasteiger partial charge in [0.05, 0.1) is 0 Å². The van der Waals surface area contributed by atoms with Gasteiger partial charge >= 0.3 is 8.17 Å². The lowest BCUT2D eigenvalue weighted by molar-refractivity contribution is -0.232. The van der Waals surface area contributed by atoms with Gasteiger partial charge in [0, 0.05) is 11.1 Å². The molecule has 90 valence electrons. The molecule has 0 aliphatic carbocycles. The molecular formula is C9H21NO4P+. The molecular weight excluding hydrogens is 217 g/mol. The first-order valence-corrected chi connectivity index (χ1v) is 6.68. The predicted molar refractivity (Wildman–Crippen MR) is 58.5 cm³/mol. The van der Waals surface area contributed by atoms with Gasteiger partial charge in [0.25, 0.3) is 0 Å². The summed E-state index contributed by atoms with van der Waals surface area (Å²) in [5, 5.41) is 1.53. The first-order chi connectivity index (χ1) is 6.55. The van der Waals surface area contributed by atoms with Crippen LogP contribution in [0.5, 0.6) is 0 Å². The van der Waals surface area contributed by atoms with Gasteiger partial charge in [-0.3, -0.25) is 0 Å². The van der Waals surface area contributed by atoms with E-state index in [1.807, 2.05) is 27.7 Å². The average Bonchev–Trinajstić information content (AvgIpc) is 1.95. The molecule has 1 heterocycles. The number of hydrogen-bond donors (Lipinski definition) is 3. The van der Waals surface area contributed by atoms with Gasteiger partial charge in [0.15, 0.2) is 0 Å². The second-order valence-electron chi connectivity index (χ2n) is 5.37. The van der Waals surface area contributed by atoms with Crippen molar-refractivity contribution in [1.82, 2.24) is 5.06 Å². The topological polar surface area (TPSA) is 73.2 Å². The molecule has 1 rings (SSSR count). The molecule has 15 heavy (non-hydrogen) atoms. The Balaban J connectivity index is 2.87. The Labute approximate surface area is 91.3 Å². The molecule has 5 nitrogen and oxygen atoms in total. The molecule has 3 N–H and O–H groups in total. The normalized spacial score (nSPS) is 26.6. The van der Waals surface area contributed by atoms with Crippen LogP contribution in [0.3, 0.4) is 0 Å². The van der Waals surface area contributed by atoms with E-state index in [4.69, 9.17) is 19.3 Å². The molecule has 0 unspecified atom stereocenters. The molecule has 0 amide bonds. The Morgan fingerprint density at radius 2 is 1.40 bits per heavy atom. The largest absolute Gasteiger partial charge is 0.585 e. The molecule has 6 heteroatoms. The van der Waals surface area contributed by atoms with E-state index >= 15 is 0 Å². The molecule has 0 saturated carbocycles. The average molecular weight is 238 g/mol. The van der Waals surface area contributed by atoms with Crippen molar-refractivity contribution in [2.24, 2.45) is 0 Å². The summed E-state index contributed by atoms with van der Waals surface area (Å²) in [5.74, 6) is 0. The molecule has 0 spiro atoms. The molecule has 1 fully saturated rings. The van der Waals surface area contributed by atoms with Gasteiger partial charge in [-0.2, -0.15) is 14.7 Å². The zero-order chi connectivity index (χ0) is 11.9. The van der Waals surface area contributed by atoms with Gasteiger partial charge in [-0.25, -0.2) is 0 Å². The predicted octanol–water partition coefficient (Wildman–Crippen LogP) is 1.62. The second kappa shape index (κ2) is 3.91. The van der Waals surface area contributed by atoms with Crippen LogP contribution >= 0.6 is 8.17 Å². The van der Waals surface area contributed by atoms with E-state index in [0.717, 1.165) is 19.3 Å². The maximum Gasteiger partial charge on any atom is 0.585 e. The fourth-order valence-electron chi connectivity index (χ4n) is 2.31. The van der Waals surface area contributed by atoms with E-state index in [2.05, 4.69) is 0 Å². The van der Waals surface area contributed by atoms with Crippen molar-refractivity contribution in [3.63, 3.8) is 0 Å². The molecule has 0 bridgehead atoms. The van der Waals surface area contributed by atoms with Crippen LogP contribution in [0.15, 0.2) is 0 Å². The summed E-state index contributed by atoms with van der Waals surface area (Å²) >= 11 is 0. The summed E-state index contributed by atoms with van der Waals surface area (Å²) in [6.45, 7) is 7.85. The monoisotopic (exact) mass is 238 g/mol. The van der Waals surface area contributed by atoms with Crippen LogP contribution < -0.4 is 0 Å². The van der Waals surface area contributed by atoms with Crippen molar-refractivity contribution < 1.29 is 19.3 Å². The van der Waals surface area contributed by atoms with Crippen LogP contribution in [0.2, 0.25) is 0 Å². The van der Waals surface area contributed by atoms with Crippen LogP contribution in [0.25, 0.3) is 0 Å². The third kappa shape index (κ3) is 3.34.